The van der Waals surface area contributed by atoms with Crippen molar-refractivity contribution < 1.29 is 18.7 Å². The third-order valence-electron chi connectivity index (χ3n) is 6.48. The molecule has 1 aliphatic rings. The second-order valence-electron chi connectivity index (χ2n) is 10.5. The van der Waals surface area contributed by atoms with Crippen LogP contribution in [0.25, 0.3) is 22.3 Å². The first-order valence-corrected chi connectivity index (χ1v) is 13.5. The Morgan fingerprint density at radius 1 is 1.00 bits per heavy atom. The molecule has 2 heterocycles. The Bertz CT molecular complexity index is 1020. The number of aliphatic hydroxyl groups is 1. The normalized spacial score (nSPS) is 17.1. The SMILES string of the molecule is CC(C)(O)[C@H]1Cc2cc3cc(-c4ccc(O[Si](C)(C)C(C)(C)C)cc4)oc3cc2O1. The lowest BCUT2D eigenvalue weighted by atomic mass is 9.97. The molecule has 0 radical (unpaired) electrons. The standard InChI is InChI=1S/C25H32O4Si/c1-24(2,3)30(6,7)29-19-10-8-16(9-11-19)20-13-17-12-18-14-23(25(4,5)26)28-22(18)15-21(17)27-20/h8-13,15,23,26H,14H2,1-7H3/t23-/m1/s1. The van der Waals surface area contributed by atoms with Crippen molar-refractivity contribution in [1.29, 1.82) is 0 Å². The molecule has 160 valence electrons. The largest absolute Gasteiger partial charge is 0.544 e. The van der Waals surface area contributed by atoms with Gasteiger partial charge < -0.3 is 18.7 Å². The van der Waals surface area contributed by atoms with Crippen LogP contribution < -0.4 is 9.16 Å². The molecule has 0 bridgehead atoms. The van der Waals surface area contributed by atoms with Crippen LogP contribution in [0.3, 0.4) is 0 Å². The summed E-state index contributed by atoms with van der Waals surface area (Å²) in [5.74, 6) is 2.53. The molecule has 30 heavy (non-hydrogen) atoms. The fraction of sp³-hybridized carbons (Fsp3) is 0.440. The Morgan fingerprint density at radius 3 is 2.27 bits per heavy atom. The summed E-state index contributed by atoms with van der Waals surface area (Å²) in [7, 11) is -1.85. The molecule has 4 rings (SSSR count). The Kier molecular flexibility index (Phi) is 4.82. The highest BCUT2D eigenvalue weighted by Gasteiger charge is 2.39. The van der Waals surface area contributed by atoms with Gasteiger partial charge in [0.1, 0.15) is 28.9 Å². The van der Waals surface area contributed by atoms with Gasteiger partial charge in [0, 0.05) is 23.4 Å². The zero-order chi connectivity index (χ0) is 21.9. The van der Waals surface area contributed by atoms with Crippen LogP contribution in [0, 0.1) is 0 Å². The van der Waals surface area contributed by atoms with Crippen molar-refractivity contribution in [2.24, 2.45) is 0 Å². The Morgan fingerprint density at radius 2 is 1.67 bits per heavy atom. The van der Waals surface area contributed by atoms with Crippen LogP contribution in [0.5, 0.6) is 11.5 Å². The maximum Gasteiger partial charge on any atom is 0.250 e. The monoisotopic (exact) mass is 424 g/mol. The van der Waals surface area contributed by atoms with Gasteiger partial charge in [0.15, 0.2) is 0 Å². The van der Waals surface area contributed by atoms with E-state index in [0.29, 0.717) is 6.42 Å². The zero-order valence-electron chi connectivity index (χ0n) is 19.0. The van der Waals surface area contributed by atoms with E-state index < -0.39 is 13.9 Å². The molecule has 1 N–H and O–H groups in total. The molecule has 1 aromatic heterocycles. The summed E-state index contributed by atoms with van der Waals surface area (Å²) >= 11 is 0. The van der Waals surface area contributed by atoms with E-state index in [0.717, 1.165) is 39.4 Å². The molecule has 0 spiro atoms. The number of rotatable bonds is 4. The number of fused-ring (bicyclic) bond motifs is 2. The van der Waals surface area contributed by atoms with Gasteiger partial charge in [-0.1, -0.05) is 20.8 Å². The lowest BCUT2D eigenvalue weighted by molar-refractivity contribution is -0.0229. The third-order valence-corrected chi connectivity index (χ3v) is 10.8. The lowest BCUT2D eigenvalue weighted by Gasteiger charge is -2.36. The van der Waals surface area contributed by atoms with E-state index in [1.54, 1.807) is 13.8 Å². The summed E-state index contributed by atoms with van der Waals surface area (Å²) in [6.45, 7) is 14.8. The molecule has 5 heteroatoms. The van der Waals surface area contributed by atoms with E-state index >= 15 is 0 Å². The van der Waals surface area contributed by atoms with E-state index in [-0.39, 0.29) is 11.1 Å². The van der Waals surface area contributed by atoms with Crippen LogP contribution in [-0.2, 0) is 6.42 Å². The van der Waals surface area contributed by atoms with Gasteiger partial charge in [0.05, 0.1) is 5.60 Å². The third kappa shape index (κ3) is 3.88. The first-order valence-electron chi connectivity index (χ1n) is 10.6. The molecule has 4 nitrogen and oxygen atoms in total. The summed E-state index contributed by atoms with van der Waals surface area (Å²) in [5.41, 5.74) is 2.05. The van der Waals surface area contributed by atoms with Crippen molar-refractivity contribution in [2.75, 3.05) is 0 Å². The minimum absolute atomic E-state index is 0.164. The molecule has 0 amide bonds. The topological polar surface area (TPSA) is 51.8 Å². The van der Waals surface area contributed by atoms with Crippen LogP contribution in [0.1, 0.15) is 40.2 Å². The van der Waals surface area contributed by atoms with Crippen molar-refractivity contribution in [2.45, 2.75) is 70.9 Å². The van der Waals surface area contributed by atoms with Gasteiger partial charge in [-0.15, -0.1) is 0 Å². The van der Waals surface area contributed by atoms with Crippen molar-refractivity contribution >= 4 is 19.3 Å². The average Bonchev–Trinajstić information content (AvgIpc) is 3.21. The van der Waals surface area contributed by atoms with Crippen LogP contribution in [0.2, 0.25) is 18.1 Å². The average molecular weight is 425 g/mol. The molecular weight excluding hydrogens is 392 g/mol. The molecule has 0 saturated heterocycles. The predicted octanol–water partition coefficient (Wildman–Crippen LogP) is 6.56. The van der Waals surface area contributed by atoms with Gasteiger partial charge >= 0.3 is 0 Å². The molecular formula is C25H32O4Si. The fourth-order valence-electron chi connectivity index (χ4n) is 3.45. The highest BCUT2D eigenvalue weighted by Crippen LogP contribution is 2.40. The highest BCUT2D eigenvalue weighted by molar-refractivity contribution is 6.74. The Balaban J connectivity index is 1.57. The number of benzene rings is 2. The van der Waals surface area contributed by atoms with Crippen molar-refractivity contribution in [3.8, 4) is 22.8 Å². The second kappa shape index (κ2) is 6.89. The van der Waals surface area contributed by atoms with Crippen LogP contribution >= 0.6 is 0 Å². The molecule has 3 aromatic rings. The summed E-state index contributed by atoms with van der Waals surface area (Å²) in [4.78, 5) is 0. The zero-order valence-corrected chi connectivity index (χ0v) is 20.0. The summed E-state index contributed by atoms with van der Waals surface area (Å²) in [6.07, 6.45) is 0.473. The number of ether oxygens (including phenoxy) is 1. The van der Waals surface area contributed by atoms with Gasteiger partial charge in [-0.2, -0.15) is 0 Å². The molecule has 0 unspecified atom stereocenters. The molecule has 0 aliphatic carbocycles. The quantitative estimate of drug-likeness (QED) is 0.482. The van der Waals surface area contributed by atoms with Crippen LogP contribution in [0.4, 0.5) is 0 Å². The Hall–Kier alpha value is -2.24. The maximum atomic E-state index is 10.3. The van der Waals surface area contributed by atoms with Crippen molar-refractivity contribution in [3.63, 3.8) is 0 Å². The van der Waals surface area contributed by atoms with E-state index in [1.165, 1.54) is 0 Å². The van der Waals surface area contributed by atoms with E-state index in [4.69, 9.17) is 13.6 Å². The maximum absolute atomic E-state index is 10.3. The van der Waals surface area contributed by atoms with Gasteiger partial charge in [-0.25, -0.2) is 0 Å². The second-order valence-corrected chi connectivity index (χ2v) is 15.2. The van der Waals surface area contributed by atoms with Gasteiger partial charge in [0.25, 0.3) is 0 Å². The summed E-state index contributed by atoms with van der Waals surface area (Å²) < 4.78 is 18.5. The molecule has 1 aliphatic heterocycles. The smallest absolute Gasteiger partial charge is 0.250 e. The minimum atomic E-state index is -1.85. The van der Waals surface area contributed by atoms with Crippen LogP contribution in [0.15, 0.2) is 46.9 Å². The fourth-order valence-corrected chi connectivity index (χ4v) is 4.48. The predicted molar refractivity (Wildman–Crippen MR) is 124 cm³/mol. The summed E-state index contributed by atoms with van der Waals surface area (Å²) in [5, 5.41) is 11.5. The van der Waals surface area contributed by atoms with Gasteiger partial charge in [-0.3, -0.25) is 0 Å². The minimum Gasteiger partial charge on any atom is -0.544 e. The molecule has 1 atom stereocenters. The number of hydrogen-bond donors (Lipinski definition) is 1. The molecule has 0 saturated carbocycles. The van der Waals surface area contributed by atoms with E-state index in [2.05, 4.69) is 58.1 Å². The van der Waals surface area contributed by atoms with E-state index in [9.17, 15) is 5.11 Å². The summed E-state index contributed by atoms with van der Waals surface area (Å²) in [6, 6.07) is 14.3. The first kappa shape index (κ1) is 21.0. The van der Waals surface area contributed by atoms with Crippen molar-refractivity contribution in [3.05, 3.63) is 48.0 Å². The van der Waals surface area contributed by atoms with E-state index in [1.807, 2.05) is 18.2 Å². The van der Waals surface area contributed by atoms with Gasteiger partial charge in [-0.05, 0) is 73.9 Å². The number of hydrogen-bond acceptors (Lipinski definition) is 4. The number of furan rings is 1. The molecule has 0 fully saturated rings. The van der Waals surface area contributed by atoms with Crippen LogP contribution in [-0.4, -0.2) is 25.1 Å². The highest BCUT2D eigenvalue weighted by atomic mass is 28.4. The molecule has 2 aromatic carbocycles. The first-order chi connectivity index (χ1) is 13.8. The Labute approximate surface area is 179 Å². The lowest BCUT2D eigenvalue weighted by Crippen LogP contribution is -2.43. The van der Waals surface area contributed by atoms with Crippen molar-refractivity contribution in [1.82, 2.24) is 0 Å². The van der Waals surface area contributed by atoms with Gasteiger partial charge in [0.2, 0.25) is 8.32 Å².